The van der Waals surface area contributed by atoms with Gasteiger partial charge in [0.1, 0.15) is 11.5 Å². The Balaban J connectivity index is 1.89. The Bertz CT molecular complexity index is 1030. The molecule has 1 amide bonds. The third-order valence-electron chi connectivity index (χ3n) is 4.97. The number of ether oxygens (including phenoxy) is 1. The number of aromatic amines is 1. The van der Waals surface area contributed by atoms with Crippen LogP contribution in [0.5, 0.6) is 11.5 Å². The number of benzene rings is 2. The number of hydrogen-bond donors (Lipinski definition) is 2. The fraction of sp³-hybridized carbons (Fsp3) is 0.238. The molecule has 0 fully saturated rings. The molecule has 2 N–H and O–H groups in total. The van der Waals surface area contributed by atoms with Crippen molar-refractivity contribution >= 4 is 5.91 Å². The number of phenolic OH excluding ortho intramolecular Hbond substituents is 1. The smallest absolute Gasteiger partial charge is 0.273 e. The lowest BCUT2D eigenvalue weighted by atomic mass is 9.95. The lowest BCUT2D eigenvalue weighted by molar-refractivity contribution is 0.0744. The van der Waals surface area contributed by atoms with E-state index in [0.717, 1.165) is 23.1 Å². The average Bonchev–Trinajstić information content (AvgIpc) is 3.23. The Hall–Kier alpha value is -3.35. The van der Waals surface area contributed by atoms with Crippen LogP contribution in [0.3, 0.4) is 0 Å². The van der Waals surface area contributed by atoms with Crippen molar-refractivity contribution in [3.63, 3.8) is 0 Å². The predicted octanol–water partition coefficient (Wildman–Crippen LogP) is 3.89. The maximum absolute atomic E-state index is 13.4. The number of hydrogen-bond acceptors (Lipinski definition) is 4. The van der Waals surface area contributed by atoms with Crippen molar-refractivity contribution in [2.75, 3.05) is 13.7 Å². The molecule has 2 aromatic carbocycles. The molecule has 144 valence electrons. The van der Waals surface area contributed by atoms with Crippen molar-refractivity contribution in [2.24, 2.45) is 0 Å². The van der Waals surface area contributed by atoms with Gasteiger partial charge in [0.15, 0.2) is 11.5 Å². The van der Waals surface area contributed by atoms with Gasteiger partial charge in [-0.1, -0.05) is 13.0 Å². The lowest BCUT2D eigenvalue weighted by Crippen LogP contribution is -2.30. The molecule has 2 heterocycles. The summed E-state index contributed by atoms with van der Waals surface area (Å²) < 4.78 is 18.6. The van der Waals surface area contributed by atoms with Crippen LogP contribution in [0.25, 0.3) is 11.3 Å². The Morgan fingerprint density at radius 2 is 2.00 bits per heavy atom. The normalized spacial score (nSPS) is 15.8. The van der Waals surface area contributed by atoms with Gasteiger partial charge in [0.05, 0.1) is 18.8 Å². The van der Waals surface area contributed by atoms with Crippen molar-refractivity contribution < 1.29 is 19.0 Å². The van der Waals surface area contributed by atoms with Crippen molar-refractivity contribution in [3.8, 4) is 22.8 Å². The van der Waals surface area contributed by atoms with E-state index in [0.29, 0.717) is 23.7 Å². The van der Waals surface area contributed by atoms with Gasteiger partial charge in [0, 0.05) is 17.7 Å². The number of nitrogens with one attached hydrogen (secondary N) is 1. The number of H-pyrrole nitrogens is 1. The van der Waals surface area contributed by atoms with Gasteiger partial charge in [0.25, 0.3) is 5.91 Å². The summed E-state index contributed by atoms with van der Waals surface area (Å²) in [5, 5.41) is 17.2. The van der Waals surface area contributed by atoms with Crippen LogP contribution in [0, 0.1) is 5.82 Å². The van der Waals surface area contributed by atoms with Crippen LogP contribution < -0.4 is 4.74 Å². The van der Waals surface area contributed by atoms with E-state index >= 15 is 0 Å². The van der Waals surface area contributed by atoms with E-state index < -0.39 is 0 Å². The SMILES string of the molecule is CCCN1C(=O)c2[nH]nc(-c3ccc(F)cc3)c2C1c1ccc(O)c(OC)c1. The zero-order chi connectivity index (χ0) is 19.8. The average molecular weight is 381 g/mol. The Morgan fingerprint density at radius 1 is 1.25 bits per heavy atom. The van der Waals surface area contributed by atoms with Gasteiger partial charge < -0.3 is 14.7 Å². The van der Waals surface area contributed by atoms with Gasteiger partial charge in [0.2, 0.25) is 0 Å². The standard InChI is InChI=1S/C21H20FN3O3/c1-3-10-25-20(13-6-9-15(26)16(11-13)28-2)17-18(23-24-19(17)21(25)27)12-4-7-14(22)8-5-12/h4-9,11,20,26H,3,10H2,1-2H3,(H,23,24). The van der Waals surface area contributed by atoms with Crippen LogP contribution in [0.1, 0.15) is 41.0 Å². The van der Waals surface area contributed by atoms with Gasteiger partial charge >= 0.3 is 0 Å². The number of nitrogens with zero attached hydrogens (tertiary/aromatic N) is 2. The second-order valence-electron chi connectivity index (χ2n) is 6.70. The van der Waals surface area contributed by atoms with Gasteiger partial charge in [-0.05, 0) is 48.4 Å². The first-order chi connectivity index (χ1) is 13.5. The molecular formula is C21H20FN3O3. The van der Waals surface area contributed by atoms with E-state index in [2.05, 4.69) is 10.2 Å². The summed E-state index contributed by atoms with van der Waals surface area (Å²) in [6.45, 7) is 2.58. The monoisotopic (exact) mass is 381 g/mol. The lowest BCUT2D eigenvalue weighted by Gasteiger charge is -2.26. The van der Waals surface area contributed by atoms with E-state index in [4.69, 9.17) is 4.74 Å². The van der Waals surface area contributed by atoms with E-state index in [1.807, 2.05) is 6.92 Å². The molecule has 1 aromatic heterocycles. The minimum Gasteiger partial charge on any atom is -0.504 e. The zero-order valence-electron chi connectivity index (χ0n) is 15.6. The van der Waals surface area contributed by atoms with Crippen LogP contribution in [-0.4, -0.2) is 39.8 Å². The first-order valence-electron chi connectivity index (χ1n) is 9.07. The molecule has 1 aliphatic rings. The third kappa shape index (κ3) is 2.79. The summed E-state index contributed by atoms with van der Waals surface area (Å²) in [5.74, 6) is -0.0975. The van der Waals surface area contributed by atoms with E-state index in [1.54, 1.807) is 35.2 Å². The second-order valence-corrected chi connectivity index (χ2v) is 6.70. The van der Waals surface area contributed by atoms with Crippen LogP contribution in [0.15, 0.2) is 42.5 Å². The number of halogens is 1. The summed E-state index contributed by atoms with van der Waals surface area (Å²) in [6.07, 6.45) is 0.793. The quantitative estimate of drug-likeness (QED) is 0.703. The number of phenols is 1. The number of carbonyl (C=O) groups excluding carboxylic acids is 1. The highest BCUT2D eigenvalue weighted by Gasteiger charge is 2.41. The van der Waals surface area contributed by atoms with E-state index in [1.165, 1.54) is 19.2 Å². The summed E-state index contributed by atoms with van der Waals surface area (Å²) in [6, 6.07) is 10.7. The molecule has 28 heavy (non-hydrogen) atoms. The molecule has 1 aliphatic heterocycles. The van der Waals surface area contributed by atoms with Crippen LogP contribution in [-0.2, 0) is 0 Å². The molecule has 0 bridgehead atoms. The molecule has 0 aliphatic carbocycles. The number of amides is 1. The first-order valence-corrected chi connectivity index (χ1v) is 9.07. The molecule has 0 radical (unpaired) electrons. The fourth-order valence-electron chi connectivity index (χ4n) is 3.71. The zero-order valence-corrected chi connectivity index (χ0v) is 15.6. The molecular weight excluding hydrogens is 361 g/mol. The summed E-state index contributed by atoms with van der Waals surface area (Å²) >= 11 is 0. The minimum absolute atomic E-state index is 0.0313. The molecule has 6 nitrogen and oxygen atoms in total. The van der Waals surface area contributed by atoms with Crippen molar-refractivity contribution in [1.29, 1.82) is 0 Å². The molecule has 7 heteroatoms. The molecule has 3 aromatic rings. The van der Waals surface area contributed by atoms with E-state index in [9.17, 15) is 14.3 Å². The largest absolute Gasteiger partial charge is 0.504 e. The van der Waals surface area contributed by atoms with Gasteiger partial charge in [-0.2, -0.15) is 5.10 Å². The summed E-state index contributed by atoms with van der Waals surface area (Å²) in [5.41, 5.74) is 3.32. The van der Waals surface area contributed by atoms with Crippen LogP contribution >= 0.6 is 0 Å². The maximum atomic E-state index is 13.4. The van der Waals surface area contributed by atoms with Crippen molar-refractivity contribution in [1.82, 2.24) is 15.1 Å². The fourth-order valence-corrected chi connectivity index (χ4v) is 3.71. The topological polar surface area (TPSA) is 78.5 Å². The first kappa shape index (κ1) is 18.0. The van der Waals surface area contributed by atoms with Gasteiger partial charge in [-0.15, -0.1) is 0 Å². The number of carbonyl (C=O) groups is 1. The predicted molar refractivity (Wildman–Crippen MR) is 102 cm³/mol. The molecule has 0 spiro atoms. The van der Waals surface area contributed by atoms with Crippen molar-refractivity contribution in [2.45, 2.75) is 19.4 Å². The van der Waals surface area contributed by atoms with Crippen LogP contribution in [0.4, 0.5) is 4.39 Å². The number of aromatic hydroxyl groups is 1. The number of aromatic nitrogens is 2. The minimum atomic E-state index is -0.379. The second kappa shape index (κ2) is 6.99. The number of methoxy groups -OCH3 is 1. The van der Waals surface area contributed by atoms with Gasteiger partial charge in [-0.25, -0.2) is 4.39 Å². The number of rotatable bonds is 5. The highest BCUT2D eigenvalue weighted by atomic mass is 19.1. The van der Waals surface area contributed by atoms with E-state index in [-0.39, 0.29) is 23.5 Å². The highest BCUT2D eigenvalue weighted by Crippen LogP contribution is 2.44. The summed E-state index contributed by atoms with van der Waals surface area (Å²) in [4.78, 5) is 14.8. The molecule has 0 saturated heterocycles. The number of fused-ring (bicyclic) bond motifs is 1. The highest BCUT2D eigenvalue weighted by molar-refractivity contribution is 6.00. The Morgan fingerprint density at radius 3 is 2.68 bits per heavy atom. The van der Waals surface area contributed by atoms with Crippen molar-refractivity contribution in [3.05, 3.63) is 65.1 Å². The molecule has 0 saturated carbocycles. The Labute approximate surface area is 161 Å². The van der Waals surface area contributed by atoms with Crippen LogP contribution in [0.2, 0.25) is 0 Å². The molecule has 4 rings (SSSR count). The third-order valence-corrected chi connectivity index (χ3v) is 4.97. The molecule has 1 unspecified atom stereocenters. The Kier molecular flexibility index (Phi) is 4.50. The maximum Gasteiger partial charge on any atom is 0.273 e. The summed E-state index contributed by atoms with van der Waals surface area (Å²) in [7, 11) is 1.48. The van der Waals surface area contributed by atoms with Gasteiger partial charge in [-0.3, -0.25) is 9.89 Å². The molecule has 1 atom stereocenters.